The molecule has 0 N–H and O–H groups in total. The number of halogens is 3. The fourth-order valence-corrected chi connectivity index (χ4v) is 1.54. The van der Waals surface area contributed by atoms with Gasteiger partial charge in [0, 0.05) is 5.02 Å². The molecule has 0 bridgehead atoms. The fourth-order valence-electron chi connectivity index (χ4n) is 0.835. The highest BCUT2D eigenvalue weighted by Gasteiger charge is 2.03. The van der Waals surface area contributed by atoms with Crippen LogP contribution in [0, 0.1) is 0 Å². The molecule has 0 fully saturated rings. The first-order chi connectivity index (χ1) is 5.15. The van der Waals surface area contributed by atoms with Gasteiger partial charge in [-0.1, -0.05) is 41.7 Å². The van der Waals surface area contributed by atoms with Crippen molar-refractivity contribution >= 4 is 34.8 Å². The van der Waals surface area contributed by atoms with Gasteiger partial charge in [-0.05, 0) is 24.1 Å². The van der Waals surface area contributed by atoms with Crippen LogP contribution in [0.5, 0.6) is 0 Å². The van der Waals surface area contributed by atoms with E-state index in [0.717, 1.165) is 12.0 Å². The van der Waals surface area contributed by atoms with Crippen LogP contribution in [0.1, 0.15) is 12.5 Å². The summed E-state index contributed by atoms with van der Waals surface area (Å²) in [6.07, 6.45) is 0.871. The lowest BCUT2D eigenvalue weighted by Crippen LogP contribution is -1.82. The van der Waals surface area contributed by atoms with Crippen LogP contribution in [0.4, 0.5) is 0 Å². The Balaban J connectivity index is 3.21. The Morgan fingerprint density at radius 1 is 1.00 bits per heavy atom. The molecule has 1 rings (SSSR count). The van der Waals surface area contributed by atoms with E-state index in [1.54, 1.807) is 12.1 Å². The molecule has 1 aromatic rings. The normalized spacial score (nSPS) is 10.2. The van der Waals surface area contributed by atoms with Gasteiger partial charge in [0.25, 0.3) is 0 Å². The number of hydrogen-bond donors (Lipinski definition) is 0. The highest BCUT2D eigenvalue weighted by Crippen LogP contribution is 2.28. The first kappa shape index (κ1) is 9.18. The summed E-state index contributed by atoms with van der Waals surface area (Å²) >= 11 is 17.4. The molecule has 11 heavy (non-hydrogen) atoms. The number of rotatable bonds is 1. The van der Waals surface area contributed by atoms with E-state index in [-0.39, 0.29) is 0 Å². The van der Waals surface area contributed by atoms with Crippen LogP contribution in [-0.2, 0) is 6.42 Å². The summed E-state index contributed by atoms with van der Waals surface area (Å²) in [7, 11) is 0. The average Bonchev–Trinajstić information content (AvgIpc) is 1.97. The zero-order valence-electron chi connectivity index (χ0n) is 6.00. The van der Waals surface area contributed by atoms with Gasteiger partial charge in [-0.3, -0.25) is 0 Å². The van der Waals surface area contributed by atoms with Crippen LogP contribution >= 0.6 is 34.8 Å². The third-order valence-electron chi connectivity index (χ3n) is 1.47. The summed E-state index contributed by atoms with van der Waals surface area (Å²) in [4.78, 5) is 0. The Bertz CT molecular complexity index is 268. The van der Waals surface area contributed by atoms with E-state index in [9.17, 15) is 0 Å². The first-order valence-electron chi connectivity index (χ1n) is 3.28. The van der Waals surface area contributed by atoms with Crippen LogP contribution in [0.3, 0.4) is 0 Å². The Labute approximate surface area is 81.1 Å². The Kier molecular flexibility index (Phi) is 3.06. The van der Waals surface area contributed by atoms with Gasteiger partial charge in [-0.2, -0.15) is 0 Å². The topological polar surface area (TPSA) is 0 Å². The lowest BCUT2D eigenvalue weighted by atomic mass is 10.2. The molecule has 0 saturated carbocycles. The van der Waals surface area contributed by atoms with Crippen molar-refractivity contribution in [2.75, 3.05) is 0 Å². The molecule has 0 heterocycles. The monoisotopic (exact) mass is 208 g/mol. The minimum absolute atomic E-state index is 0.508. The second-order valence-corrected chi connectivity index (χ2v) is 3.43. The van der Waals surface area contributed by atoms with Crippen LogP contribution in [0.25, 0.3) is 0 Å². The van der Waals surface area contributed by atoms with Crippen LogP contribution in [-0.4, -0.2) is 0 Å². The smallest absolute Gasteiger partial charge is 0.0607 e. The maximum atomic E-state index is 5.86. The molecule has 1 aromatic carbocycles. The van der Waals surface area contributed by atoms with Crippen LogP contribution in [0.2, 0.25) is 15.1 Å². The van der Waals surface area contributed by atoms with Crippen molar-refractivity contribution in [2.45, 2.75) is 13.3 Å². The van der Waals surface area contributed by atoms with Gasteiger partial charge in [0.1, 0.15) is 0 Å². The van der Waals surface area contributed by atoms with E-state index in [2.05, 4.69) is 0 Å². The predicted molar refractivity (Wildman–Crippen MR) is 50.9 cm³/mol. The first-order valence-corrected chi connectivity index (χ1v) is 4.42. The minimum Gasteiger partial charge on any atom is -0.0840 e. The summed E-state index contributed by atoms with van der Waals surface area (Å²) in [5.74, 6) is 0. The molecule has 0 aliphatic rings. The summed E-state index contributed by atoms with van der Waals surface area (Å²) in [6, 6.07) is 3.47. The van der Waals surface area contributed by atoms with E-state index < -0.39 is 0 Å². The number of benzene rings is 1. The molecule has 0 aliphatic carbocycles. The highest BCUT2D eigenvalue weighted by atomic mass is 35.5. The molecule has 60 valence electrons. The van der Waals surface area contributed by atoms with Crippen molar-refractivity contribution in [3.8, 4) is 0 Å². The maximum absolute atomic E-state index is 5.86. The molecule has 0 amide bonds. The summed E-state index contributed by atoms with van der Waals surface area (Å²) in [6.45, 7) is 2.02. The summed E-state index contributed by atoms with van der Waals surface area (Å²) in [5.41, 5.74) is 1.03. The largest absolute Gasteiger partial charge is 0.0840 e. The Morgan fingerprint density at radius 2 is 1.55 bits per heavy atom. The molecule has 0 atom stereocenters. The maximum Gasteiger partial charge on any atom is 0.0607 e. The standard InChI is InChI=1S/C8H7Cl3/c1-2-5-3-7(10)8(11)4-6(5)9/h3-4H,2H2,1H3. The van der Waals surface area contributed by atoms with Crippen molar-refractivity contribution in [3.63, 3.8) is 0 Å². The van der Waals surface area contributed by atoms with E-state index in [0.29, 0.717) is 15.1 Å². The molecule has 0 saturated heterocycles. The van der Waals surface area contributed by atoms with Crippen LogP contribution < -0.4 is 0 Å². The zero-order valence-corrected chi connectivity index (χ0v) is 8.26. The third kappa shape index (κ3) is 2.02. The molecule has 0 radical (unpaired) electrons. The van der Waals surface area contributed by atoms with E-state index in [1.807, 2.05) is 6.92 Å². The Hall–Kier alpha value is 0.0900. The molecular weight excluding hydrogens is 202 g/mol. The van der Waals surface area contributed by atoms with Gasteiger partial charge in [0.15, 0.2) is 0 Å². The van der Waals surface area contributed by atoms with Gasteiger partial charge < -0.3 is 0 Å². The highest BCUT2D eigenvalue weighted by molar-refractivity contribution is 6.43. The summed E-state index contributed by atoms with van der Waals surface area (Å²) < 4.78 is 0. The molecule has 0 spiro atoms. The number of hydrogen-bond acceptors (Lipinski definition) is 0. The van der Waals surface area contributed by atoms with Gasteiger partial charge in [0.2, 0.25) is 0 Å². The van der Waals surface area contributed by atoms with Gasteiger partial charge in [-0.25, -0.2) is 0 Å². The molecule has 3 heteroatoms. The third-order valence-corrected chi connectivity index (χ3v) is 2.54. The van der Waals surface area contributed by atoms with Gasteiger partial charge in [0.05, 0.1) is 10.0 Å². The predicted octanol–water partition coefficient (Wildman–Crippen LogP) is 4.21. The van der Waals surface area contributed by atoms with Crippen LogP contribution in [0.15, 0.2) is 12.1 Å². The quantitative estimate of drug-likeness (QED) is 0.608. The molecule has 0 unspecified atom stereocenters. The Morgan fingerprint density at radius 3 is 2.09 bits per heavy atom. The van der Waals surface area contributed by atoms with Crippen molar-refractivity contribution in [3.05, 3.63) is 32.8 Å². The van der Waals surface area contributed by atoms with E-state index >= 15 is 0 Å². The second-order valence-electron chi connectivity index (χ2n) is 2.21. The van der Waals surface area contributed by atoms with Gasteiger partial charge >= 0.3 is 0 Å². The lowest BCUT2D eigenvalue weighted by molar-refractivity contribution is 1.14. The lowest BCUT2D eigenvalue weighted by Gasteiger charge is -2.02. The van der Waals surface area contributed by atoms with Crippen molar-refractivity contribution in [2.24, 2.45) is 0 Å². The van der Waals surface area contributed by atoms with Gasteiger partial charge in [-0.15, -0.1) is 0 Å². The second kappa shape index (κ2) is 3.66. The molecule has 0 aliphatic heterocycles. The van der Waals surface area contributed by atoms with E-state index in [4.69, 9.17) is 34.8 Å². The summed E-state index contributed by atoms with van der Waals surface area (Å²) in [5, 5.41) is 1.75. The SMILES string of the molecule is CCc1cc(Cl)c(Cl)cc1Cl. The van der Waals surface area contributed by atoms with E-state index in [1.165, 1.54) is 0 Å². The molecular formula is C8H7Cl3. The van der Waals surface area contributed by atoms with Crippen molar-refractivity contribution in [1.29, 1.82) is 0 Å². The zero-order chi connectivity index (χ0) is 8.43. The van der Waals surface area contributed by atoms with Crippen molar-refractivity contribution < 1.29 is 0 Å². The minimum atomic E-state index is 0.508. The molecule has 0 nitrogen and oxygen atoms in total. The van der Waals surface area contributed by atoms with Crippen molar-refractivity contribution in [1.82, 2.24) is 0 Å². The molecule has 0 aromatic heterocycles. The fraction of sp³-hybridized carbons (Fsp3) is 0.250. The average molecular weight is 210 g/mol. The number of aryl methyl sites for hydroxylation is 1.